The molecule has 2 aromatic rings. The standard InChI is InChI=1S/C15H11ClINO2S/c1-18-13(19)6-8-2-3-9(4-11(8)15(18)20)14(16)10-5-12(17)21-7-10/h2-5,7,14H,6H2,1H3. The topological polar surface area (TPSA) is 37.4 Å². The van der Waals surface area contributed by atoms with Gasteiger partial charge in [0, 0.05) is 12.6 Å². The second kappa shape index (κ2) is 5.70. The third kappa shape index (κ3) is 2.74. The highest BCUT2D eigenvalue weighted by Gasteiger charge is 2.28. The summed E-state index contributed by atoms with van der Waals surface area (Å²) < 4.78 is 1.17. The number of likely N-dealkylation sites (N-methyl/N-ethyl adjacent to an activating group) is 1. The SMILES string of the molecule is CN1C(=O)Cc2ccc(C(Cl)c3csc(I)c3)cc2C1=O. The van der Waals surface area contributed by atoms with Crippen molar-refractivity contribution in [3.63, 3.8) is 0 Å². The number of thiophene rings is 1. The molecule has 0 N–H and O–H groups in total. The number of carbonyl (C=O) groups excluding carboxylic acids is 2. The van der Waals surface area contributed by atoms with Gasteiger partial charge in [-0.05, 0) is 56.8 Å². The lowest BCUT2D eigenvalue weighted by atomic mass is 9.94. The molecule has 0 saturated heterocycles. The number of carbonyl (C=O) groups is 2. The Labute approximate surface area is 145 Å². The van der Waals surface area contributed by atoms with E-state index in [1.54, 1.807) is 11.3 Å². The van der Waals surface area contributed by atoms with Gasteiger partial charge < -0.3 is 0 Å². The lowest BCUT2D eigenvalue weighted by Gasteiger charge is -2.24. The zero-order valence-corrected chi connectivity index (χ0v) is 14.8. The Balaban J connectivity index is 2.00. The molecule has 6 heteroatoms. The van der Waals surface area contributed by atoms with E-state index in [9.17, 15) is 9.59 Å². The lowest BCUT2D eigenvalue weighted by Crippen LogP contribution is -2.39. The second-order valence-electron chi connectivity index (χ2n) is 4.90. The van der Waals surface area contributed by atoms with E-state index in [2.05, 4.69) is 22.6 Å². The summed E-state index contributed by atoms with van der Waals surface area (Å²) in [5.41, 5.74) is 3.25. The minimum atomic E-state index is -0.286. The molecule has 1 aliphatic heterocycles. The largest absolute Gasteiger partial charge is 0.281 e. The van der Waals surface area contributed by atoms with Crippen LogP contribution in [0.3, 0.4) is 0 Å². The van der Waals surface area contributed by atoms with E-state index in [-0.39, 0.29) is 23.6 Å². The third-order valence-electron chi connectivity index (χ3n) is 3.56. The summed E-state index contributed by atoms with van der Waals surface area (Å²) in [6.07, 6.45) is 0.265. The van der Waals surface area contributed by atoms with Gasteiger partial charge in [0.2, 0.25) is 5.91 Å². The zero-order valence-electron chi connectivity index (χ0n) is 11.1. The fraction of sp³-hybridized carbons (Fsp3) is 0.200. The summed E-state index contributed by atoms with van der Waals surface area (Å²) in [4.78, 5) is 25.1. The number of fused-ring (bicyclic) bond motifs is 1. The summed E-state index contributed by atoms with van der Waals surface area (Å²) >= 11 is 10.4. The number of hydrogen-bond donors (Lipinski definition) is 0. The molecular weight excluding hydrogens is 421 g/mol. The number of imide groups is 1. The smallest absolute Gasteiger partial charge is 0.260 e. The molecule has 1 unspecified atom stereocenters. The van der Waals surface area contributed by atoms with Gasteiger partial charge in [-0.2, -0.15) is 0 Å². The van der Waals surface area contributed by atoms with Crippen LogP contribution in [0.15, 0.2) is 29.6 Å². The summed E-state index contributed by atoms with van der Waals surface area (Å²) in [5, 5.41) is 1.74. The first kappa shape index (κ1) is 15.0. The van der Waals surface area contributed by atoms with Crippen molar-refractivity contribution in [2.24, 2.45) is 0 Å². The van der Waals surface area contributed by atoms with Crippen LogP contribution in [0.25, 0.3) is 0 Å². The number of halogens is 2. The normalized spacial score (nSPS) is 16.0. The average molecular weight is 432 g/mol. The number of nitrogens with zero attached hydrogens (tertiary/aromatic N) is 1. The van der Waals surface area contributed by atoms with Crippen LogP contribution in [0.1, 0.15) is 32.4 Å². The minimum absolute atomic E-state index is 0.171. The number of rotatable bonds is 2. The maximum Gasteiger partial charge on any atom is 0.260 e. The molecule has 1 aromatic carbocycles. The number of hydrogen-bond acceptors (Lipinski definition) is 3. The summed E-state index contributed by atoms with van der Waals surface area (Å²) in [7, 11) is 1.51. The monoisotopic (exact) mass is 431 g/mol. The number of amides is 2. The summed E-state index contributed by atoms with van der Waals surface area (Å²) in [6, 6.07) is 7.58. The highest BCUT2D eigenvalue weighted by atomic mass is 127. The van der Waals surface area contributed by atoms with Gasteiger partial charge in [0.15, 0.2) is 0 Å². The lowest BCUT2D eigenvalue weighted by molar-refractivity contribution is -0.127. The van der Waals surface area contributed by atoms with Gasteiger partial charge in [-0.1, -0.05) is 12.1 Å². The van der Waals surface area contributed by atoms with Crippen molar-refractivity contribution in [2.75, 3.05) is 7.05 Å². The molecule has 21 heavy (non-hydrogen) atoms. The second-order valence-corrected chi connectivity index (χ2v) is 8.14. The van der Waals surface area contributed by atoms with E-state index in [0.717, 1.165) is 16.7 Å². The minimum Gasteiger partial charge on any atom is -0.281 e. The molecule has 0 saturated carbocycles. The molecule has 0 radical (unpaired) electrons. The Morgan fingerprint density at radius 1 is 1.29 bits per heavy atom. The van der Waals surface area contributed by atoms with Gasteiger partial charge in [0.05, 0.1) is 14.7 Å². The van der Waals surface area contributed by atoms with Gasteiger partial charge in [-0.15, -0.1) is 22.9 Å². The van der Waals surface area contributed by atoms with Crippen LogP contribution >= 0.6 is 45.5 Å². The van der Waals surface area contributed by atoms with E-state index < -0.39 is 0 Å². The fourth-order valence-corrected chi connectivity index (χ4v) is 4.06. The van der Waals surface area contributed by atoms with E-state index in [1.165, 1.54) is 14.8 Å². The molecule has 1 atom stereocenters. The van der Waals surface area contributed by atoms with Crippen molar-refractivity contribution in [1.29, 1.82) is 0 Å². The van der Waals surface area contributed by atoms with Crippen molar-refractivity contribution in [3.8, 4) is 0 Å². The van der Waals surface area contributed by atoms with Gasteiger partial charge in [-0.25, -0.2) is 0 Å². The molecule has 1 aromatic heterocycles. The van der Waals surface area contributed by atoms with Crippen molar-refractivity contribution in [3.05, 3.63) is 54.8 Å². The van der Waals surface area contributed by atoms with Crippen molar-refractivity contribution >= 4 is 57.3 Å². The van der Waals surface area contributed by atoms with E-state index in [1.807, 2.05) is 29.6 Å². The highest BCUT2D eigenvalue weighted by Crippen LogP contribution is 2.34. The van der Waals surface area contributed by atoms with E-state index >= 15 is 0 Å². The van der Waals surface area contributed by atoms with Crippen molar-refractivity contribution in [2.45, 2.75) is 11.8 Å². The number of alkyl halides is 1. The predicted octanol–water partition coefficient (Wildman–Crippen LogP) is 3.84. The summed E-state index contributed by atoms with van der Waals surface area (Å²) in [6.45, 7) is 0. The quantitative estimate of drug-likeness (QED) is 0.412. The van der Waals surface area contributed by atoms with Crippen LogP contribution in [0, 0.1) is 2.88 Å². The van der Waals surface area contributed by atoms with Crippen LogP contribution in [-0.4, -0.2) is 23.8 Å². The van der Waals surface area contributed by atoms with Crippen LogP contribution in [0.4, 0.5) is 0 Å². The first-order valence-electron chi connectivity index (χ1n) is 6.29. The van der Waals surface area contributed by atoms with Crippen molar-refractivity contribution in [1.82, 2.24) is 4.90 Å². The first-order chi connectivity index (χ1) is 9.97. The van der Waals surface area contributed by atoms with Crippen molar-refractivity contribution < 1.29 is 9.59 Å². The third-order valence-corrected chi connectivity index (χ3v) is 5.87. The molecule has 0 fully saturated rings. The molecule has 0 spiro atoms. The number of benzene rings is 1. The summed E-state index contributed by atoms with van der Waals surface area (Å²) in [5.74, 6) is -0.429. The zero-order chi connectivity index (χ0) is 15.1. The van der Waals surface area contributed by atoms with Crippen LogP contribution in [0.5, 0.6) is 0 Å². The van der Waals surface area contributed by atoms with Gasteiger partial charge in [0.1, 0.15) is 0 Å². The maximum absolute atomic E-state index is 12.2. The highest BCUT2D eigenvalue weighted by molar-refractivity contribution is 14.1. The molecule has 0 aliphatic carbocycles. The Bertz CT molecular complexity index is 743. The van der Waals surface area contributed by atoms with Gasteiger partial charge in [0.25, 0.3) is 5.91 Å². The molecule has 2 heterocycles. The Morgan fingerprint density at radius 2 is 2.05 bits per heavy atom. The van der Waals surface area contributed by atoms with Gasteiger partial charge in [-0.3, -0.25) is 14.5 Å². The van der Waals surface area contributed by atoms with Crippen LogP contribution in [0.2, 0.25) is 0 Å². The fourth-order valence-electron chi connectivity index (χ4n) is 2.33. The molecule has 1 aliphatic rings. The average Bonchev–Trinajstić information content (AvgIpc) is 2.90. The maximum atomic E-state index is 12.2. The Hall–Kier alpha value is -0.920. The van der Waals surface area contributed by atoms with Crippen LogP contribution < -0.4 is 0 Å². The molecule has 108 valence electrons. The Morgan fingerprint density at radius 3 is 2.71 bits per heavy atom. The van der Waals surface area contributed by atoms with E-state index in [4.69, 9.17) is 11.6 Å². The Kier molecular flexibility index (Phi) is 4.07. The molecule has 3 nitrogen and oxygen atoms in total. The van der Waals surface area contributed by atoms with Crippen LogP contribution in [-0.2, 0) is 11.2 Å². The van der Waals surface area contributed by atoms with E-state index in [0.29, 0.717) is 5.56 Å². The molecular formula is C15H11ClINO2S. The molecule has 3 rings (SSSR count). The molecule has 0 bridgehead atoms. The van der Waals surface area contributed by atoms with Gasteiger partial charge >= 0.3 is 0 Å². The predicted molar refractivity (Wildman–Crippen MR) is 92.0 cm³/mol. The molecule has 2 amide bonds. The first-order valence-corrected chi connectivity index (χ1v) is 8.68.